The highest BCUT2D eigenvalue weighted by Crippen LogP contribution is 2.11. The number of aryl methyl sites for hydroxylation is 1. The largest absolute Gasteiger partial charge is 0.292 e. The number of carbonyl (C=O) groups is 1. The zero-order chi connectivity index (χ0) is 10.7. The average molecular weight is 218 g/mol. The van der Waals surface area contributed by atoms with Gasteiger partial charge in [-0.3, -0.25) is 9.78 Å². The Hall–Kier alpha value is -1.55. The van der Waals surface area contributed by atoms with Crippen LogP contribution in [0.1, 0.15) is 21.1 Å². The summed E-state index contributed by atoms with van der Waals surface area (Å²) in [5.41, 5.74) is 1.54. The Morgan fingerprint density at radius 3 is 2.73 bits per heavy atom. The van der Waals surface area contributed by atoms with Crippen LogP contribution < -0.4 is 0 Å². The maximum Gasteiger partial charge on any atom is 0.186 e. The molecule has 15 heavy (non-hydrogen) atoms. The van der Waals surface area contributed by atoms with Crippen molar-refractivity contribution in [2.45, 2.75) is 13.3 Å². The van der Waals surface area contributed by atoms with E-state index < -0.39 is 0 Å². The van der Waals surface area contributed by atoms with Gasteiger partial charge in [-0.25, -0.2) is 4.98 Å². The summed E-state index contributed by atoms with van der Waals surface area (Å²) in [4.78, 5) is 19.8. The van der Waals surface area contributed by atoms with Gasteiger partial charge in [-0.2, -0.15) is 0 Å². The Kier molecular flexibility index (Phi) is 2.87. The van der Waals surface area contributed by atoms with E-state index in [1.165, 1.54) is 11.3 Å². The van der Waals surface area contributed by atoms with E-state index in [1.807, 2.05) is 19.1 Å². The number of rotatable bonds is 3. The molecule has 0 aliphatic heterocycles. The fourth-order valence-electron chi connectivity index (χ4n) is 1.27. The predicted octanol–water partition coefficient (Wildman–Crippen LogP) is 2.27. The third kappa shape index (κ3) is 2.47. The fraction of sp³-hybridized carbons (Fsp3) is 0.182. The lowest BCUT2D eigenvalue weighted by Crippen LogP contribution is -2.03. The minimum atomic E-state index is 0.0607. The second kappa shape index (κ2) is 4.31. The molecule has 0 saturated heterocycles. The molecule has 2 heterocycles. The van der Waals surface area contributed by atoms with Crippen molar-refractivity contribution in [1.29, 1.82) is 0 Å². The average Bonchev–Trinajstić information content (AvgIpc) is 2.66. The van der Waals surface area contributed by atoms with Gasteiger partial charge in [0.25, 0.3) is 0 Å². The van der Waals surface area contributed by atoms with E-state index in [9.17, 15) is 4.79 Å². The summed E-state index contributed by atoms with van der Waals surface area (Å²) >= 11 is 1.50. The van der Waals surface area contributed by atoms with Crippen LogP contribution in [0.5, 0.6) is 0 Å². The maximum absolute atomic E-state index is 11.8. The molecule has 0 saturated carbocycles. The van der Waals surface area contributed by atoms with Crippen LogP contribution in [0.3, 0.4) is 0 Å². The molecule has 0 unspecified atom stereocenters. The lowest BCUT2D eigenvalue weighted by atomic mass is 10.1. The first-order valence-electron chi connectivity index (χ1n) is 4.60. The van der Waals surface area contributed by atoms with Crippen LogP contribution >= 0.6 is 11.3 Å². The first-order valence-corrected chi connectivity index (χ1v) is 5.48. The molecule has 0 fully saturated rings. The van der Waals surface area contributed by atoms with Crippen molar-refractivity contribution in [1.82, 2.24) is 9.97 Å². The topological polar surface area (TPSA) is 42.9 Å². The summed E-state index contributed by atoms with van der Waals surface area (Å²) in [6.07, 6.45) is 3.77. The predicted molar refractivity (Wildman–Crippen MR) is 59.1 cm³/mol. The van der Waals surface area contributed by atoms with Crippen LogP contribution in [0.2, 0.25) is 0 Å². The van der Waals surface area contributed by atoms with Crippen LogP contribution in [0, 0.1) is 6.92 Å². The molecule has 3 nitrogen and oxygen atoms in total. The normalized spacial score (nSPS) is 10.2. The first kappa shape index (κ1) is 9.98. The monoisotopic (exact) mass is 218 g/mol. The number of ketones is 1. The van der Waals surface area contributed by atoms with E-state index in [1.54, 1.807) is 17.8 Å². The highest BCUT2D eigenvalue weighted by molar-refractivity contribution is 7.09. The Labute approximate surface area is 91.8 Å². The quantitative estimate of drug-likeness (QED) is 0.742. The molecule has 0 atom stereocenters. The van der Waals surface area contributed by atoms with Crippen molar-refractivity contribution >= 4 is 17.1 Å². The lowest BCUT2D eigenvalue weighted by Gasteiger charge is -1.96. The second-order valence-electron chi connectivity index (χ2n) is 3.21. The molecule has 0 bridgehead atoms. The standard InChI is InChI=1S/C11H10N2OS/c1-8-13-10(7-15-8)11(14)6-9-2-4-12-5-3-9/h2-5,7H,6H2,1H3. The van der Waals surface area contributed by atoms with Crippen LogP contribution in [-0.2, 0) is 6.42 Å². The fourth-order valence-corrected chi connectivity index (χ4v) is 1.89. The third-order valence-corrected chi connectivity index (χ3v) is 2.79. The van der Waals surface area contributed by atoms with Gasteiger partial charge in [-0.05, 0) is 24.6 Å². The molecule has 0 N–H and O–H groups in total. The van der Waals surface area contributed by atoms with E-state index in [2.05, 4.69) is 9.97 Å². The van der Waals surface area contributed by atoms with Gasteiger partial charge in [-0.1, -0.05) is 0 Å². The van der Waals surface area contributed by atoms with Crippen LogP contribution in [0.15, 0.2) is 29.9 Å². The smallest absolute Gasteiger partial charge is 0.186 e. The number of hydrogen-bond acceptors (Lipinski definition) is 4. The Morgan fingerprint density at radius 2 is 2.13 bits per heavy atom. The number of aromatic nitrogens is 2. The summed E-state index contributed by atoms with van der Waals surface area (Å²) in [6, 6.07) is 3.69. The molecule has 2 aromatic heterocycles. The van der Waals surface area contributed by atoms with Gasteiger partial charge in [0.15, 0.2) is 5.78 Å². The molecule has 0 aliphatic rings. The van der Waals surface area contributed by atoms with Gasteiger partial charge in [0.2, 0.25) is 0 Å². The number of pyridine rings is 1. The molecule has 0 aliphatic carbocycles. The van der Waals surface area contributed by atoms with Gasteiger partial charge >= 0.3 is 0 Å². The molecule has 2 aromatic rings. The van der Waals surface area contributed by atoms with E-state index in [0.29, 0.717) is 12.1 Å². The molecular weight excluding hydrogens is 208 g/mol. The van der Waals surface area contributed by atoms with Gasteiger partial charge in [0, 0.05) is 24.2 Å². The molecule has 0 radical (unpaired) electrons. The molecule has 4 heteroatoms. The second-order valence-corrected chi connectivity index (χ2v) is 4.27. The Balaban J connectivity index is 2.11. The number of carbonyl (C=O) groups excluding carboxylic acids is 1. The van der Waals surface area contributed by atoms with Crippen molar-refractivity contribution in [2.24, 2.45) is 0 Å². The van der Waals surface area contributed by atoms with E-state index >= 15 is 0 Å². The molecule has 0 amide bonds. The highest BCUT2D eigenvalue weighted by Gasteiger charge is 2.09. The van der Waals surface area contributed by atoms with Crippen molar-refractivity contribution < 1.29 is 4.79 Å². The van der Waals surface area contributed by atoms with Crippen LogP contribution in [0.4, 0.5) is 0 Å². The van der Waals surface area contributed by atoms with E-state index in [0.717, 1.165) is 10.6 Å². The molecule has 76 valence electrons. The zero-order valence-corrected chi connectivity index (χ0v) is 9.12. The SMILES string of the molecule is Cc1nc(C(=O)Cc2ccncc2)cs1. The minimum absolute atomic E-state index is 0.0607. The summed E-state index contributed by atoms with van der Waals surface area (Å²) in [7, 11) is 0. The summed E-state index contributed by atoms with van der Waals surface area (Å²) in [5, 5.41) is 2.73. The molecule has 2 rings (SSSR count). The summed E-state index contributed by atoms with van der Waals surface area (Å²) in [6.45, 7) is 1.90. The van der Waals surface area contributed by atoms with E-state index in [4.69, 9.17) is 0 Å². The third-order valence-electron chi connectivity index (χ3n) is 2.02. The number of Topliss-reactive ketones (excluding diaryl/α,β-unsaturated/α-hetero) is 1. The minimum Gasteiger partial charge on any atom is -0.292 e. The van der Waals surface area contributed by atoms with Crippen molar-refractivity contribution in [3.63, 3.8) is 0 Å². The number of hydrogen-bond donors (Lipinski definition) is 0. The van der Waals surface area contributed by atoms with Crippen molar-refractivity contribution in [3.8, 4) is 0 Å². The van der Waals surface area contributed by atoms with Crippen molar-refractivity contribution in [3.05, 3.63) is 46.2 Å². The van der Waals surface area contributed by atoms with E-state index in [-0.39, 0.29) is 5.78 Å². The van der Waals surface area contributed by atoms with Crippen molar-refractivity contribution in [2.75, 3.05) is 0 Å². The molecule has 0 aromatic carbocycles. The number of nitrogens with zero attached hydrogens (tertiary/aromatic N) is 2. The Bertz CT molecular complexity index is 464. The summed E-state index contributed by atoms with van der Waals surface area (Å²) < 4.78 is 0. The number of thiazole rings is 1. The van der Waals surface area contributed by atoms with Gasteiger partial charge in [0.1, 0.15) is 5.69 Å². The lowest BCUT2D eigenvalue weighted by molar-refractivity contribution is 0.0989. The summed E-state index contributed by atoms with van der Waals surface area (Å²) in [5.74, 6) is 0.0607. The zero-order valence-electron chi connectivity index (χ0n) is 8.30. The molecule has 0 spiro atoms. The molecular formula is C11H10N2OS. The maximum atomic E-state index is 11.8. The highest BCUT2D eigenvalue weighted by atomic mass is 32.1. The first-order chi connectivity index (χ1) is 7.25. The Morgan fingerprint density at radius 1 is 1.40 bits per heavy atom. The van der Waals surface area contributed by atoms with Crippen LogP contribution in [0.25, 0.3) is 0 Å². The van der Waals surface area contributed by atoms with Gasteiger partial charge < -0.3 is 0 Å². The van der Waals surface area contributed by atoms with Gasteiger partial charge in [0.05, 0.1) is 5.01 Å². The van der Waals surface area contributed by atoms with Crippen LogP contribution in [-0.4, -0.2) is 15.8 Å². The van der Waals surface area contributed by atoms with Gasteiger partial charge in [-0.15, -0.1) is 11.3 Å².